The highest BCUT2D eigenvalue weighted by molar-refractivity contribution is 6.06. The number of carbonyl (C=O) groups is 2. The first-order valence-corrected chi connectivity index (χ1v) is 9.53. The van der Waals surface area contributed by atoms with Crippen molar-refractivity contribution >= 4 is 23.4 Å². The Kier molecular flexibility index (Phi) is 6.16. The van der Waals surface area contributed by atoms with Crippen molar-refractivity contribution in [3.8, 4) is 5.75 Å². The zero-order valence-electron chi connectivity index (χ0n) is 16.6. The first kappa shape index (κ1) is 20.4. The highest BCUT2D eigenvalue weighted by Gasteiger charge is 2.24. The molecule has 1 amide bonds. The molecule has 0 aliphatic carbocycles. The van der Waals surface area contributed by atoms with E-state index in [1.807, 2.05) is 18.2 Å². The number of carbonyl (C=O) groups excluding carboxylic acids is 2. The molecule has 1 aliphatic heterocycles. The van der Waals surface area contributed by atoms with Crippen LogP contribution in [0.1, 0.15) is 34.8 Å². The van der Waals surface area contributed by atoms with Gasteiger partial charge in [-0.3, -0.25) is 15.0 Å². The van der Waals surface area contributed by atoms with Gasteiger partial charge in [-0.25, -0.2) is 0 Å². The monoisotopic (exact) mass is 395 g/mol. The lowest BCUT2D eigenvalue weighted by molar-refractivity contribution is -0.144. The molecule has 3 rings (SSSR count). The predicted molar refractivity (Wildman–Crippen MR) is 111 cm³/mol. The van der Waals surface area contributed by atoms with Crippen LogP contribution in [0.4, 0.5) is 5.69 Å². The third-order valence-corrected chi connectivity index (χ3v) is 4.92. The lowest BCUT2D eigenvalue weighted by Gasteiger charge is -2.26. The maximum absolute atomic E-state index is 12.8. The summed E-state index contributed by atoms with van der Waals surface area (Å²) < 4.78 is 10.8. The molecular formula is C22H25N3O4. The summed E-state index contributed by atoms with van der Waals surface area (Å²) in [4.78, 5) is 26.2. The Morgan fingerprint density at radius 2 is 1.90 bits per heavy atom. The van der Waals surface area contributed by atoms with E-state index < -0.39 is 0 Å². The molecule has 1 atom stereocenters. The molecule has 1 heterocycles. The Labute approximate surface area is 169 Å². The van der Waals surface area contributed by atoms with E-state index in [4.69, 9.17) is 20.6 Å². The molecule has 2 aromatic rings. The van der Waals surface area contributed by atoms with Gasteiger partial charge in [0.1, 0.15) is 11.6 Å². The van der Waals surface area contributed by atoms with Crippen molar-refractivity contribution in [1.82, 2.24) is 0 Å². The van der Waals surface area contributed by atoms with Gasteiger partial charge in [0.15, 0.2) is 0 Å². The number of anilines is 1. The lowest BCUT2D eigenvalue weighted by Crippen LogP contribution is -2.28. The predicted octanol–water partition coefficient (Wildman–Crippen LogP) is 2.75. The fraction of sp³-hybridized carbons (Fsp3) is 0.318. The smallest absolute Gasteiger partial charge is 0.306 e. The SMILES string of the molecule is CCOC(=O)CC1COc2ccc(N(C)C(=O)c3ccc(C(=N)N)cc3)cc2C1. The Morgan fingerprint density at radius 3 is 2.55 bits per heavy atom. The average Bonchev–Trinajstić information content (AvgIpc) is 2.72. The van der Waals surface area contributed by atoms with Crippen LogP contribution < -0.4 is 15.4 Å². The largest absolute Gasteiger partial charge is 0.493 e. The summed E-state index contributed by atoms with van der Waals surface area (Å²) in [5, 5.41) is 7.44. The van der Waals surface area contributed by atoms with E-state index in [1.165, 1.54) is 0 Å². The van der Waals surface area contributed by atoms with Crippen molar-refractivity contribution in [2.75, 3.05) is 25.2 Å². The summed E-state index contributed by atoms with van der Waals surface area (Å²) in [6.07, 6.45) is 1.01. The first-order valence-electron chi connectivity index (χ1n) is 9.53. The number of fused-ring (bicyclic) bond motifs is 1. The molecular weight excluding hydrogens is 370 g/mol. The second kappa shape index (κ2) is 8.77. The number of nitrogen functional groups attached to an aromatic ring is 1. The van der Waals surface area contributed by atoms with Gasteiger partial charge in [-0.15, -0.1) is 0 Å². The zero-order valence-corrected chi connectivity index (χ0v) is 16.6. The van der Waals surface area contributed by atoms with Crippen LogP contribution >= 0.6 is 0 Å². The van der Waals surface area contributed by atoms with Gasteiger partial charge in [0.25, 0.3) is 5.91 Å². The van der Waals surface area contributed by atoms with Crippen LogP contribution in [0.15, 0.2) is 42.5 Å². The molecule has 0 bridgehead atoms. The second-order valence-electron chi connectivity index (χ2n) is 7.04. The van der Waals surface area contributed by atoms with Crippen LogP contribution in [0.3, 0.4) is 0 Å². The highest BCUT2D eigenvalue weighted by atomic mass is 16.5. The number of amidine groups is 1. The number of esters is 1. The third kappa shape index (κ3) is 4.74. The average molecular weight is 395 g/mol. The number of ether oxygens (including phenoxy) is 2. The summed E-state index contributed by atoms with van der Waals surface area (Å²) in [7, 11) is 1.71. The molecule has 0 saturated heterocycles. The minimum atomic E-state index is -0.220. The Bertz CT molecular complexity index is 924. The van der Waals surface area contributed by atoms with Crippen LogP contribution in [0, 0.1) is 11.3 Å². The number of benzene rings is 2. The van der Waals surface area contributed by atoms with Crippen molar-refractivity contribution in [3.05, 3.63) is 59.2 Å². The van der Waals surface area contributed by atoms with E-state index in [2.05, 4.69) is 0 Å². The van der Waals surface area contributed by atoms with Gasteiger partial charge < -0.3 is 20.1 Å². The van der Waals surface area contributed by atoms with Gasteiger partial charge in [0.05, 0.1) is 19.6 Å². The summed E-state index contributed by atoms with van der Waals surface area (Å²) in [6.45, 7) is 2.63. The highest BCUT2D eigenvalue weighted by Crippen LogP contribution is 2.32. The summed E-state index contributed by atoms with van der Waals surface area (Å²) >= 11 is 0. The second-order valence-corrected chi connectivity index (χ2v) is 7.04. The van der Waals surface area contributed by atoms with Crippen LogP contribution in [-0.2, 0) is 16.0 Å². The topological polar surface area (TPSA) is 106 Å². The zero-order chi connectivity index (χ0) is 21.0. The van der Waals surface area contributed by atoms with E-state index in [0.29, 0.717) is 37.2 Å². The summed E-state index contributed by atoms with van der Waals surface area (Å²) in [6, 6.07) is 12.3. The van der Waals surface area contributed by atoms with Gasteiger partial charge in [0, 0.05) is 29.8 Å². The van der Waals surface area contributed by atoms with E-state index in [-0.39, 0.29) is 23.6 Å². The molecule has 0 spiro atoms. The molecule has 29 heavy (non-hydrogen) atoms. The number of nitrogens with two attached hydrogens (primary N) is 1. The Balaban J connectivity index is 1.74. The van der Waals surface area contributed by atoms with Crippen LogP contribution in [0.5, 0.6) is 5.75 Å². The Morgan fingerprint density at radius 1 is 1.21 bits per heavy atom. The van der Waals surface area contributed by atoms with Crippen molar-refractivity contribution in [3.63, 3.8) is 0 Å². The number of hydrogen-bond acceptors (Lipinski definition) is 5. The van der Waals surface area contributed by atoms with Crippen LogP contribution in [0.25, 0.3) is 0 Å². The maximum atomic E-state index is 12.8. The normalized spacial score (nSPS) is 15.0. The van der Waals surface area contributed by atoms with Gasteiger partial charge >= 0.3 is 5.97 Å². The minimum Gasteiger partial charge on any atom is -0.493 e. The van der Waals surface area contributed by atoms with Crippen molar-refractivity contribution in [2.24, 2.45) is 11.7 Å². The molecule has 1 aliphatic rings. The van der Waals surface area contributed by atoms with E-state index in [1.54, 1.807) is 43.1 Å². The fourth-order valence-electron chi connectivity index (χ4n) is 3.34. The quantitative estimate of drug-likeness (QED) is 0.444. The lowest BCUT2D eigenvalue weighted by atomic mass is 9.93. The minimum absolute atomic E-state index is 0.0376. The van der Waals surface area contributed by atoms with E-state index in [0.717, 1.165) is 17.0 Å². The molecule has 7 heteroatoms. The maximum Gasteiger partial charge on any atom is 0.306 e. The van der Waals surface area contributed by atoms with Crippen LogP contribution in [0.2, 0.25) is 0 Å². The fourth-order valence-corrected chi connectivity index (χ4v) is 3.34. The molecule has 0 fully saturated rings. The number of hydrogen-bond donors (Lipinski definition) is 2. The molecule has 2 aromatic carbocycles. The van der Waals surface area contributed by atoms with Gasteiger partial charge in [0.2, 0.25) is 0 Å². The number of nitrogens with zero attached hydrogens (tertiary/aromatic N) is 1. The standard InChI is InChI=1S/C22H25N3O4/c1-3-28-20(26)11-14-10-17-12-18(8-9-19(17)29-13-14)25(2)22(27)16-6-4-15(5-7-16)21(23)24/h4-9,12,14H,3,10-11,13H2,1-2H3,(H3,23,24). The first-order chi connectivity index (χ1) is 13.9. The van der Waals surface area contributed by atoms with Gasteiger partial charge in [-0.2, -0.15) is 0 Å². The van der Waals surface area contributed by atoms with Crippen molar-refractivity contribution in [2.45, 2.75) is 19.8 Å². The van der Waals surface area contributed by atoms with Crippen molar-refractivity contribution < 1.29 is 19.1 Å². The van der Waals surface area contributed by atoms with Crippen LogP contribution in [-0.4, -0.2) is 38.0 Å². The number of nitrogens with one attached hydrogen (secondary N) is 1. The van der Waals surface area contributed by atoms with E-state index >= 15 is 0 Å². The summed E-state index contributed by atoms with van der Waals surface area (Å²) in [5.74, 6) is 0.406. The van der Waals surface area contributed by atoms with Gasteiger partial charge in [-0.1, -0.05) is 12.1 Å². The third-order valence-electron chi connectivity index (χ3n) is 4.92. The molecule has 0 radical (unpaired) electrons. The molecule has 152 valence electrons. The number of rotatable bonds is 6. The van der Waals surface area contributed by atoms with Crippen molar-refractivity contribution in [1.29, 1.82) is 5.41 Å². The molecule has 7 nitrogen and oxygen atoms in total. The van der Waals surface area contributed by atoms with Gasteiger partial charge in [-0.05, 0) is 49.2 Å². The number of amides is 1. The van der Waals surface area contributed by atoms with E-state index in [9.17, 15) is 9.59 Å². The molecule has 0 aromatic heterocycles. The summed E-state index contributed by atoms with van der Waals surface area (Å²) in [5.41, 5.74) is 8.25. The molecule has 0 saturated carbocycles. The molecule has 1 unspecified atom stereocenters. The molecule has 3 N–H and O–H groups in total. The Hall–Kier alpha value is -3.35.